The van der Waals surface area contributed by atoms with Crippen molar-refractivity contribution in [1.82, 2.24) is 0 Å². The Bertz CT molecular complexity index is 3220. The molecule has 68 heavy (non-hydrogen) atoms. The Hall–Kier alpha value is -7.20. The third-order valence-corrected chi connectivity index (χ3v) is 17.0. The molecule has 0 aliphatic rings. The first kappa shape index (κ1) is 42.2. The predicted octanol–water partition coefficient (Wildman–Crippen LogP) is 19.9. The first-order chi connectivity index (χ1) is 33.4. The standard InChI is InChI=1S/C60H46N4S4/c1-39-29-33-65-57(39)61(43-17-9-5-10-18-43)51-37-52(62(44-19-11-6-12-20-44)58-40(2)30-34-66-58)48-27-28-50-54(64(46-23-15-8-16-24-46)60-42(4)32-36-68-60)38-53(49-26-25-47(51)55(48)56(49)50)63(45-21-13-7-14-22-45)59-41(3)31-35-67-59/h5-38H,1-4H3. The molecule has 0 spiro atoms. The monoisotopic (exact) mass is 950 g/mol. The zero-order valence-electron chi connectivity index (χ0n) is 38.1. The normalized spacial score (nSPS) is 11.5. The highest BCUT2D eigenvalue weighted by Gasteiger charge is 2.30. The molecule has 0 N–H and O–H groups in total. The maximum atomic E-state index is 2.50. The second-order valence-corrected chi connectivity index (χ2v) is 20.8. The van der Waals surface area contributed by atoms with Gasteiger partial charge in [-0.2, -0.15) is 0 Å². The van der Waals surface area contributed by atoms with Crippen molar-refractivity contribution in [3.8, 4) is 0 Å². The lowest BCUT2D eigenvalue weighted by atomic mass is 9.89. The van der Waals surface area contributed by atoms with E-state index in [0.717, 1.165) is 45.5 Å². The van der Waals surface area contributed by atoms with Crippen LogP contribution in [0.4, 0.5) is 65.5 Å². The van der Waals surface area contributed by atoms with Crippen LogP contribution in [0.3, 0.4) is 0 Å². The van der Waals surface area contributed by atoms with E-state index >= 15 is 0 Å². The fraction of sp³-hybridized carbons (Fsp3) is 0.0667. The molecule has 0 radical (unpaired) electrons. The summed E-state index contributed by atoms with van der Waals surface area (Å²) in [7, 11) is 0. The van der Waals surface area contributed by atoms with Crippen LogP contribution in [0, 0.1) is 27.7 Å². The number of hydrogen-bond acceptors (Lipinski definition) is 8. The Labute approximate surface area is 413 Å². The predicted molar refractivity (Wildman–Crippen MR) is 299 cm³/mol. The number of hydrogen-bond donors (Lipinski definition) is 0. The van der Waals surface area contributed by atoms with Gasteiger partial charge in [0.1, 0.15) is 20.0 Å². The van der Waals surface area contributed by atoms with E-state index in [4.69, 9.17) is 0 Å². The van der Waals surface area contributed by atoms with Crippen LogP contribution >= 0.6 is 45.3 Å². The van der Waals surface area contributed by atoms with E-state index in [0.29, 0.717) is 0 Å². The highest BCUT2D eigenvalue weighted by Crippen LogP contribution is 2.56. The van der Waals surface area contributed by atoms with Crippen LogP contribution < -0.4 is 19.6 Å². The maximum Gasteiger partial charge on any atom is 0.103 e. The lowest BCUT2D eigenvalue weighted by molar-refractivity contribution is 1.27. The van der Waals surface area contributed by atoms with Crippen LogP contribution in [0.25, 0.3) is 32.3 Å². The maximum absolute atomic E-state index is 2.50. The molecule has 8 aromatic carbocycles. The molecule has 330 valence electrons. The summed E-state index contributed by atoms with van der Waals surface area (Å²) in [5, 5.41) is 20.9. The average Bonchev–Trinajstić information content (AvgIpc) is 4.21. The van der Waals surface area contributed by atoms with E-state index in [2.05, 4.69) is 251 Å². The second-order valence-electron chi connectivity index (χ2n) is 17.2. The lowest BCUT2D eigenvalue weighted by Gasteiger charge is -2.34. The molecule has 0 atom stereocenters. The quantitative estimate of drug-likeness (QED) is 0.113. The lowest BCUT2D eigenvalue weighted by Crippen LogP contribution is -2.15. The van der Waals surface area contributed by atoms with E-state index in [1.165, 1.54) is 74.6 Å². The molecule has 4 nitrogen and oxygen atoms in total. The van der Waals surface area contributed by atoms with E-state index in [1.807, 2.05) is 0 Å². The van der Waals surface area contributed by atoms with Gasteiger partial charge in [-0.05, 0) is 156 Å². The van der Waals surface area contributed by atoms with Crippen LogP contribution in [0.15, 0.2) is 204 Å². The summed E-state index contributed by atoms with van der Waals surface area (Å²) in [6, 6.07) is 67.1. The van der Waals surface area contributed by atoms with E-state index < -0.39 is 0 Å². The van der Waals surface area contributed by atoms with Gasteiger partial charge in [-0.15, -0.1) is 45.3 Å². The Morgan fingerprint density at radius 3 is 0.676 bits per heavy atom. The molecule has 0 fully saturated rings. The molecular weight excluding hydrogens is 905 g/mol. The number of nitrogens with zero attached hydrogens (tertiary/aromatic N) is 4. The molecule has 0 aliphatic carbocycles. The summed E-state index contributed by atoms with van der Waals surface area (Å²) < 4.78 is 0. The summed E-state index contributed by atoms with van der Waals surface area (Å²) in [4.78, 5) is 9.99. The van der Waals surface area contributed by atoms with Crippen LogP contribution in [0.5, 0.6) is 0 Å². The van der Waals surface area contributed by atoms with Gasteiger partial charge in [-0.1, -0.05) is 97.1 Å². The smallest absolute Gasteiger partial charge is 0.103 e. The second kappa shape index (κ2) is 17.5. The number of benzene rings is 8. The minimum atomic E-state index is 1.12. The molecule has 0 saturated heterocycles. The number of rotatable bonds is 12. The molecular formula is C60H46N4S4. The van der Waals surface area contributed by atoms with Gasteiger partial charge in [-0.25, -0.2) is 0 Å². The van der Waals surface area contributed by atoms with Crippen LogP contribution in [-0.4, -0.2) is 0 Å². The fourth-order valence-electron chi connectivity index (χ4n) is 9.81. The fourth-order valence-corrected chi connectivity index (χ4v) is 13.7. The first-order valence-electron chi connectivity index (χ1n) is 22.8. The molecule has 12 aromatic rings. The largest absolute Gasteiger partial charge is 0.301 e. The van der Waals surface area contributed by atoms with E-state index in [1.54, 1.807) is 45.3 Å². The third-order valence-electron chi connectivity index (χ3n) is 13.0. The molecule has 0 saturated carbocycles. The van der Waals surface area contributed by atoms with Crippen molar-refractivity contribution in [3.63, 3.8) is 0 Å². The number of para-hydroxylation sites is 4. The number of thiophene rings is 4. The van der Waals surface area contributed by atoms with Crippen LogP contribution in [-0.2, 0) is 0 Å². The van der Waals surface area contributed by atoms with Crippen molar-refractivity contribution in [1.29, 1.82) is 0 Å². The topological polar surface area (TPSA) is 13.0 Å². The van der Waals surface area contributed by atoms with Crippen molar-refractivity contribution >= 4 is 143 Å². The van der Waals surface area contributed by atoms with Gasteiger partial charge >= 0.3 is 0 Å². The van der Waals surface area contributed by atoms with Crippen LogP contribution in [0.1, 0.15) is 22.3 Å². The Kier molecular flexibility index (Phi) is 10.8. The Balaban J connectivity index is 1.29. The molecule has 0 bridgehead atoms. The minimum absolute atomic E-state index is 1.12. The molecule has 8 heteroatoms. The SMILES string of the molecule is Cc1ccsc1N(c1ccccc1)c1cc(N(c2ccccc2)c2sccc2C)c2ccc3c(N(c4ccccc4)c4sccc4C)cc(N(c4ccccc4)c4sccc4C)c4ccc1c2c43. The van der Waals surface area contributed by atoms with Crippen molar-refractivity contribution in [2.45, 2.75) is 27.7 Å². The van der Waals surface area contributed by atoms with Gasteiger partial charge in [0.15, 0.2) is 0 Å². The van der Waals surface area contributed by atoms with Crippen molar-refractivity contribution in [3.05, 3.63) is 226 Å². The molecule has 0 unspecified atom stereocenters. The van der Waals surface area contributed by atoms with Gasteiger partial charge in [0.25, 0.3) is 0 Å². The Morgan fingerprint density at radius 2 is 0.485 bits per heavy atom. The molecule has 12 rings (SSSR count). The molecule has 4 aromatic heterocycles. The summed E-state index contributed by atoms with van der Waals surface area (Å²) in [5.41, 5.74) is 13.9. The third kappa shape index (κ3) is 7.06. The zero-order chi connectivity index (χ0) is 45.9. The van der Waals surface area contributed by atoms with Crippen molar-refractivity contribution in [2.75, 3.05) is 19.6 Å². The van der Waals surface area contributed by atoms with Gasteiger partial charge in [-0.3, -0.25) is 0 Å². The molecule has 0 amide bonds. The number of aryl methyl sites for hydroxylation is 4. The van der Waals surface area contributed by atoms with Gasteiger partial charge in [0.05, 0.1) is 22.7 Å². The highest BCUT2D eigenvalue weighted by molar-refractivity contribution is 7.15. The van der Waals surface area contributed by atoms with Crippen LogP contribution in [0.2, 0.25) is 0 Å². The van der Waals surface area contributed by atoms with Crippen molar-refractivity contribution in [2.24, 2.45) is 0 Å². The summed E-state index contributed by atoms with van der Waals surface area (Å²) in [6.45, 7) is 8.94. The minimum Gasteiger partial charge on any atom is -0.301 e. The van der Waals surface area contributed by atoms with Gasteiger partial charge < -0.3 is 19.6 Å². The zero-order valence-corrected chi connectivity index (χ0v) is 41.3. The van der Waals surface area contributed by atoms with E-state index in [-0.39, 0.29) is 0 Å². The van der Waals surface area contributed by atoms with E-state index in [9.17, 15) is 0 Å². The highest BCUT2D eigenvalue weighted by atomic mass is 32.1. The summed E-state index contributed by atoms with van der Waals surface area (Å²) in [6.07, 6.45) is 0. The average molecular weight is 951 g/mol. The summed E-state index contributed by atoms with van der Waals surface area (Å²) >= 11 is 7.15. The molecule has 4 heterocycles. The Morgan fingerprint density at radius 1 is 0.265 bits per heavy atom. The van der Waals surface area contributed by atoms with Gasteiger partial charge in [0, 0.05) is 55.1 Å². The van der Waals surface area contributed by atoms with Crippen molar-refractivity contribution < 1.29 is 0 Å². The summed E-state index contributed by atoms with van der Waals surface area (Å²) in [5.74, 6) is 0. The molecule has 0 aliphatic heterocycles. The first-order valence-corrected chi connectivity index (χ1v) is 26.3. The van der Waals surface area contributed by atoms with Gasteiger partial charge in [0.2, 0.25) is 0 Å². The number of anilines is 12.